The van der Waals surface area contributed by atoms with Crippen LogP contribution in [0, 0.1) is 5.92 Å². The third-order valence-corrected chi connectivity index (χ3v) is 2.96. The highest BCUT2D eigenvalue weighted by Gasteiger charge is 2.14. The molecule has 0 radical (unpaired) electrons. The number of hydrogen-bond acceptors (Lipinski definition) is 4. The second kappa shape index (κ2) is 6.55. The van der Waals surface area contributed by atoms with Crippen LogP contribution in [0.2, 0.25) is 0 Å². The van der Waals surface area contributed by atoms with E-state index in [1.165, 1.54) is 0 Å². The SMILES string of the molecule is CCC(C)C(O)CNC(C)c1cnccn1. The van der Waals surface area contributed by atoms with Gasteiger partial charge in [0, 0.05) is 31.2 Å². The summed E-state index contributed by atoms with van der Waals surface area (Å²) in [6, 6.07) is 0.118. The summed E-state index contributed by atoms with van der Waals surface area (Å²) in [4.78, 5) is 8.23. The molecule has 0 spiro atoms. The van der Waals surface area contributed by atoms with E-state index in [1.807, 2.05) is 6.92 Å². The third-order valence-electron chi connectivity index (χ3n) is 2.96. The second-order valence-corrected chi connectivity index (χ2v) is 4.21. The summed E-state index contributed by atoms with van der Waals surface area (Å²) in [7, 11) is 0. The average molecular weight is 223 g/mol. The Balaban J connectivity index is 2.38. The maximum atomic E-state index is 9.81. The molecule has 1 rings (SSSR count). The Bertz CT molecular complexity index is 292. The quantitative estimate of drug-likeness (QED) is 0.768. The molecule has 4 heteroatoms. The van der Waals surface area contributed by atoms with E-state index in [1.54, 1.807) is 18.6 Å². The van der Waals surface area contributed by atoms with Gasteiger partial charge in [0.1, 0.15) is 0 Å². The predicted octanol–water partition coefficient (Wildman–Crippen LogP) is 1.53. The molecule has 0 aromatic carbocycles. The molecule has 90 valence electrons. The Hall–Kier alpha value is -1.00. The molecule has 1 aromatic rings. The van der Waals surface area contributed by atoms with E-state index in [-0.39, 0.29) is 12.1 Å². The fraction of sp³-hybridized carbons (Fsp3) is 0.667. The molecule has 0 aliphatic rings. The number of nitrogens with one attached hydrogen (secondary N) is 1. The summed E-state index contributed by atoms with van der Waals surface area (Å²) in [5.74, 6) is 0.321. The number of hydrogen-bond donors (Lipinski definition) is 2. The maximum Gasteiger partial charge on any atom is 0.0753 e. The van der Waals surface area contributed by atoms with E-state index in [0.717, 1.165) is 12.1 Å². The van der Waals surface area contributed by atoms with Gasteiger partial charge in [-0.05, 0) is 12.8 Å². The highest BCUT2D eigenvalue weighted by Crippen LogP contribution is 2.10. The van der Waals surface area contributed by atoms with Gasteiger partial charge in [0.15, 0.2) is 0 Å². The van der Waals surface area contributed by atoms with Gasteiger partial charge in [-0.3, -0.25) is 9.97 Å². The monoisotopic (exact) mass is 223 g/mol. The first-order chi connectivity index (χ1) is 7.65. The lowest BCUT2D eigenvalue weighted by Crippen LogP contribution is -2.33. The normalized spacial score (nSPS) is 16.8. The minimum atomic E-state index is -0.302. The molecule has 0 bridgehead atoms. The van der Waals surface area contributed by atoms with Crippen molar-refractivity contribution in [1.82, 2.24) is 15.3 Å². The van der Waals surface area contributed by atoms with Gasteiger partial charge in [0.05, 0.1) is 11.8 Å². The standard InChI is InChI=1S/C12H21N3O/c1-4-9(2)12(16)8-15-10(3)11-7-13-5-6-14-11/h5-7,9-10,12,15-16H,4,8H2,1-3H3. The molecule has 3 unspecified atom stereocenters. The summed E-state index contributed by atoms with van der Waals surface area (Å²) in [6.07, 6.45) is 5.77. The Morgan fingerprint density at radius 1 is 1.38 bits per heavy atom. The highest BCUT2D eigenvalue weighted by atomic mass is 16.3. The van der Waals surface area contributed by atoms with Gasteiger partial charge in [0.2, 0.25) is 0 Å². The number of aliphatic hydroxyl groups excluding tert-OH is 1. The molecule has 0 aliphatic heterocycles. The molecule has 0 saturated heterocycles. The number of rotatable bonds is 6. The lowest BCUT2D eigenvalue weighted by molar-refractivity contribution is 0.110. The minimum Gasteiger partial charge on any atom is -0.392 e. The zero-order valence-corrected chi connectivity index (χ0v) is 10.2. The molecule has 0 fully saturated rings. The fourth-order valence-corrected chi connectivity index (χ4v) is 1.41. The molecule has 1 aromatic heterocycles. The Labute approximate surface area is 97.1 Å². The summed E-state index contributed by atoms with van der Waals surface area (Å²) in [6.45, 7) is 6.75. The van der Waals surface area contributed by atoms with E-state index in [2.05, 4.69) is 29.1 Å². The predicted molar refractivity (Wildman–Crippen MR) is 63.9 cm³/mol. The fourth-order valence-electron chi connectivity index (χ4n) is 1.41. The van der Waals surface area contributed by atoms with Crippen LogP contribution in [0.25, 0.3) is 0 Å². The molecule has 0 aliphatic carbocycles. The first-order valence-electron chi connectivity index (χ1n) is 5.82. The summed E-state index contributed by atoms with van der Waals surface area (Å²) in [5.41, 5.74) is 0.902. The van der Waals surface area contributed by atoms with Crippen LogP contribution in [-0.4, -0.2) is 27.7 Å². The van der Waals surface area contributed by atoms with Crippen molar-refractivity contribution in [3.05, 3.63) is 24.3 Å². The smallest absolute Gasteiger partial charge is 0.0753 e. The van der Waals surface area contributed by atoms with Crippen LogP contribution in [0.5, 0.6) is 0 Å². The highest BCUT2D eigenvalue weighted by molar-refractivity contribution is 5.00. The summed E-state index contributed by atoms with van der Waals surface area (Å²) in [5, 5.41) is 13.1. The van der Waals surface area contributed by atoms with Crippen LogP contribution in [0.1, 0.15) is 38.9 Å². The van der Waals surface area contributed by atoms with Gasteiger partial charge in [-0.2, -0.15) is 0 Å². The molecular weight excluding hydrogens is 202 g/mol. The van der Waals surface area contributed by atoms with Gasteiger partial charge >= 0.3 is 0 Å². The molecule has 16 heavy (non-hydrogen) atoms. The molecule has 0 saturated carbocycles. The number of nitrogens with zero attached hydrogens (tertiary/aromatic N) is 2. The van der Waals surface area contributed by atoms with Crippen LogP contribution in [0.3, 0.4) is 0 Å². The van der Waals surface area contributed by atoms with Crippen molar-refractivity contribution in [3.63, 3.8) is 0 Å². The van der Waals surface area contributed by atoms with Gasteiger partial charge in [0.25, 0.3) is 0 Å². The van der Waals surface area contributed by atoms with Crippen molar-refractivity contribution in [2.75, 3.05) is 6.54 Å². The molecular formula is C12H21N3O. The number of aliphatic hydroxyl groups is 1. The Morgan fingerprint density at radius 2 is 2.12 bits per heavy atom. The third kappa shape index (κ3) is 3.87. The van der Waals surface area contributed by atoms with Crippen LogP contribution >= 0.6 is 0 Å². The largest absolute Gasteiger partial charge is 0.392 e. The minimum absolute atomic E-state index is 0.118. The Morgan fingerprint density at radius 3 is 2.69 bits per heavy atom. The van der Waals surface area contributed by atoms with Gasteiger partial charge < -0.3 is 10.4 Å². The van der Waals surface area contributed by atoms with Gasteiger partial charge in [-0.15, -0.1) is 0 Å². The zero-order valence-electron chi connectivity index (χ0n) is 10.2. The molecule has 0 amide bonds. The molecule has 3 atom stereocenters. The van der Waals surface area contributed by atoms with Crippen molar-refractivity contribution < 1.29 is 5.11 Å². The van der Waals surface area contributed by atoms with Crippen molar-refractivity contribution in [3.8, 4) is 0 Å². The van der Waals surface area contributed by atoms with Crippen LogP contribution in [0.4, 0.5) is 0 Å². The van der Waals surface area contributed by atoms with Crippen LogP contribution < -0.4 is 5.32 Å². The van der Waals surface area contributed by atoms with Gasteiger partial charge in [-0.25, -0.2) is 0 Å². The first kappa shape index (κ1) is 13.1. The maximum absolute atomic E-state index is 9.81. The van der Waals surface area contributed by atoms with E-state index in [9.17, 15) is 5.11 Å². The van der Waals surface area contributed by atoms with Crippen molar-refractivity contribution >= 4 is 0 Å². The zero-order chi connectivity index (χ0) is 12.0. The average Bonchev–Trinajstić information content (AvgIpc) is 2.35. The van der Waals surface area contributed by atoms with Crippen molar-refractivity contribution in [2.24, 2.45) is 5.92 Å². The summed E-state index contributed by atoms with van der Waals surface area (Å²) < 4.78 is 0. The van der Waals surface area contributed by atoms with Crippen LogP contribution in [-0.2, 0) is 0 Å². The molecule has 2 N–H and O–H groups in total. The van der Waals surface area contributed by atoms with Gasteiger partial charge in [-0.1, -0.05) is 20.3 Å². The summed E-state index contributed by atoms with van der Waals surface area (Å²) >= 11 is 0. The lowest BCUT2D eigenvalue weighted by Gasteiger charge is -2.20. The number of aromatic nitrogens is 2. The van der Waals surface area contributed by atoms with Crippen molar-refractivity contribution in [2.45, 2.75) is 39.3 Å². The molecule has 4 nitrogen and oxygen atoms in total. The van der Waals surface area contributed by atoms with E-state index in [4.69, 9.17) is 0 Å². The first-order valence-corrected chi connectivity index (χ1v) is 5.82. The molecule has 1 heterocycles. The van der Waals surface area contributed by atoms with E-state index >= 15 is 0 Å². The topological polar surface area (TPSA) is 58.0 Å². The van der Waals surface area contributed by atoms with E-state index < -0.39 is 0 Å². The van der Waals surface area contributed by atoms with E-state index in [0.29, 0.717) is 12.5 Å². The Kier molecular flexibility index (Phi) is 5.35. The lowest BCUT2D eigenvalue weighted by atomic mass is 10.0. The van der Waals surface area contributed by atoms with Crippen molar-refractivity contribution in [1.29, 1.82) is 0 Å². The van der Waals surface area contributed by atoms with Crippen LogP contribution in [0.15, 0.2) is 18.6 Å². The second-order valence-electron chi connectivity index (χ2n) is 4.21.